The Bertz CT molecular complexity index is 831. The molecule has 0 radical (unpaired) electrons. The Balaban J connectivity index is 1.69. The van der Waals surface area contributed by atoms with E-state index in [9.17, 15) is 14.0 Å². The van der Waals surface area contributed by atoms with E-state index in [4.69, 9.17) is 27.9 Å². The molecular weight excluding hydrogens is 394 g/mol. The maximum atomic E-state index is 13.6. The first-order chi connectivity index (χ1) is 12.9. The molecular formula is C19H19Cl2FN2O3. The summed E-state index contributed by atoms with van der Waals surface area (Å²) >= 11 is 11.7. The number of hydrogen-bond acceptors (Lipinski definition) is 3. The highest BCUT2D eigenvalue weighted by Crippen LogP contribution is 2.22. The minimum atomic E-state index is -0.458. The van der Waals surface area contributed by atoms with Crippen molar-refractivity contribution in [2.45, 2.75) is 12.8 Å². The number of carbonyl (C=O) groups is 2. The molecule has 0 aliphatic carbocycles. The van der Waals surface area contributed by atoms with Gasteiger partial charge in [-0.15, -0.1) is 0 Å². The summed E-state index contributed by atoms with van der Waals surface area (Å²) in [6.07, 6.45) is 0.620. The van der Waals surface area contributed by atoms with Crippen molar-refractivity contribution in [3.05, 3.63) is 63.4 Å². The fourth-order valence-electron chi connectivity index (χ4n) is 2.33. The summed E-state index contributed by atoms with van der Waals surface area (Å²) in [4.78, 5) is 23.8. The van der Waals surface area contributed by atoms with Crippen LogP contribution in [0.1, 0.15) is 22.3 Å². The SMILES string of the molecule is COc1ccc(CCC(=O)NCCNC(=O)c2ccc(Cl)c(Cl)c2)cc1F. The minimum Gasteiger partial charge on any atom is -0.494 e. The van der Waals surface area contributed by atoms with Crippen molar-refractivity contribution in [2.24, 2.45) is 0 Å². The van der Waals surface area contributed by atoms with Gasteiger partial charge < -0.3 is 15.4 Å². The van der Waals surface area contributed by atoms with Crippen molar-refractivity contribution in [2.75, 3.05) is 20.2 Å². The number of nitrogens with one attached hydrogen (secondary N) is 2. The Kier molecular flexibility index (Phi) is 7.88. The highest BCUT2D eigenvalue weighted by molar-refractivity contribution is 6.42. The smallest absolute Gasteiger partial charge is 0.251 e. The molecule has 0 spiro atoms. The van der Waals surface area contributed by atoms with E-state index in [1.807, 2.05) is 0 Å². The number of amides is 2. The van der Waals surface area contributed by atoms with Gasteiger partial charge in [0, 0.05) is 25.1 Å². The quantitative estimate of drug-likeness (QED) is 0.650. The third-order valence-corrected chi connectivity index (χ3v) is 4.51. The third-order valence-electron chi connectivity index (χ3n) is 3.77. The molecule has 144 valence electrons. The highest BCUT2D eigenvalue weighted by atomic mass is 35.5. The van der Waals surface area contributed by atoms with Crippen molar-refractivity contribution in [3.63, 3.8) is 0 Å². The molecule has 0 bridgehead atoms. The summed E-state index contributed by atoms with van der Waals surface area (Å²) in [6, 6.07) is 9.18. The number of carbonyl (C=O) groups excluding carboxylic acids is 2. The molecule has 2 amide bonds. The average molecular weight is 413 g/mol. The lowest BCUT2D eigenvalue weighted by Crippen LogP contribution is -2.34. The van der Waals surface area contributed by atoms with Crippen LogP contribution in [0.2, 0.25) is 10.0 Å². The van der Waals surface area contributed by atoms with Gasteiger partial charge in [-0.1, -0.05) is 29.3 Å². The first-order valence-electron chi connectivity index (χ1n) is 8.23. The summed E-state index contributed by atoms with van der Waals surface area (Å²) < 4.78 is 18.5. The fourth-order valence-corrected chi connectivity index (χ4v) is 2.63. The van der Waals surface area contributed by atoms with Gasteiger partial charge in [0.1, 0.15) is 0 Å². The zero-order chi connectivity index (χ0) is 19.8. The van der Waals surface area contributed by atoms with Crippen LogP contribution in [0.3, 0.4) is 0 Å². The van der Waals surface area contributed by atoms with Crippen molar-refractivity contribution < 1.29 is 18.7 Å². The third kappa shape index (κ3) is 6.41. The van der Waals surface area contributed by atoms with E-state index < -0.39 is 5.82 Å². The van der Waals surface area contributed by atoms with Gasteiger partial charge in [0.2, 0.25) is 5.91 Å². The molecule has 0 aromatic heterocycles. The molecule has 2 rings (SSSR count). The van der Waals surface area contributed by atoms with Crippen LogP contribution in [0.4, 0.5) is 4.39 Å². The molecule has 0 aliphatic rings. The Morgan fingerprint density at radius 3 is 2.44 bits per heavy atom. The van der Waals surface area contributed by atoms with Gasteiger partial charge >= 0.3 is 0 Å². The van der Waals surface area contributed by atoms with Crippen LogP contribution in [-0.2, 0) is 11.2 Å². The number of rotatable bonds is 8. The van der Waals surface area contributed by atoms with Crippen molar-refractivity contribution in [1.82, 2.24) is 10.6 Å². The molecule has 0 atom stereocenters. The largest absolute Gasteiger partial charge is 0.494 e. The van der Waals surface area contributed by atoms with Crippen LogP contribution in [0.15, 0.2) is 36.4 Å². The van der Waals surface area contributed by atoms with Crippen LogP contribution in [0, 0.1) is 5.82 Å². The van der Waals surface area contributed by atoms with Crippen LogP contribution >= 0.6 is 23.2 Å². The van der Waals surface area contributed by atoms with Gasteiger partial charge in [0.25, 0.3) is 5.91 Å². The zero-order valence-electron chi connectivity index (χ0n) is 14.7. The Morgan fingerprint density at radius 1 is 1.04 bits per heavy atom. The highest BCUT2D eigenvalue weighted by Gasteiger charge is 2.09. The van der Waals surface area contributed by atoms with Crippen LogP contribution in [0.5, 0.6) is 5.75 Å². The molecule has 0 aliphatic heterocycles. The second kappa shape index (κ2) is 10.1. The monoisotopic (exact) mass is 412 g/mol. The van der Waals surface area contributed by atoms with Gasteiger partial charge in [-0.2, -0.15) is 0 Å². The predicted molar refractivity (Wildman–Crippen MR) is 103 cm³/mol. The first kappa shape index (κ1) is 21.0. The molecule has 0 saturated carbocycles. The molecule has 2 aromatic rings. The second-order valence-electron chi connectivity index (χ2n) is 5.70. The Hall–Kier alpha value is -2.31. The lowest BCUT2D eigenvalue weighted by Gasteiger charge is -2.08. The van der Waals surface area contributed by atoms with Crippen LogP contribution in [-0.4, -0.2) is 32.0 Å². The number of aryl methyl sites for hydroxylation is 1. The summed E-state index contributed by atoms with van der Waals surface area (Å²) in [5.74, 6) is -0.784. The number of ether oxygens (including phenoxy) is 1. The molecule has 2 N–H and O–H groups in total. The van der Waals surface area contributed by atoms with Crippen molar-refractivity contribution in [3.8, 4) is 5.75 Å². The van der Waals surface area contributed by atoms with E-state index in [1.54, 1.807) is 18.2 Å². The molecule has 0 saturated heterocycles. The second-order valence-corrected chi connectivity index (χ2v) is 6.52. The van der Waals surface area contributed by atoms with E-state index in [0.717, 1.165) is 0 Å². The number of halogens is 3. The van der Waals surface area contributed by atoms with E-state index in [0.29, 0.717) is 27.6 Å². The molecule has 27 heavy (non-hydrogen) atoms. The summed E-state index contributed by atoms with van der Waals surface area (Å²) in [5.41, 5.74) is 1.09. The van der Waals surface area contributed by atoms with E-state index >= 15 is 0 Å². The molecule has 5 nitrogen and oxygen atoms in total. The summed E-state index contributed by atoms with van der Waals surface area (Å²) in [6.45, 7) is 0.546. The molecule has 0 heterocycles. The predicted octanol–water partition coefficient (Wildman–Crippen LogP) is 3.62. The molecule has 8 heteroatoms. The normalized spacial score (nSPS) is 10.4. The van der Waals surface area contributed by atoms with E-state index in [2.05, 4.69) is 10.6 Å². The van der Waals surface area contributed by atoms with Crippen molar-refractivity contribution in [1.29, 1.82) is 0 Å². The fraction of sp³-hybridized carbons (Fsp3) is 0.263. The van der Waals surface area contributed by atoms with Gasteiger partial charge in [0.15, 0.2) is 11.6 Å². The zero-order valence-corrected chi connectivity index (χ0v) is 16.2. The average Bonchev–Trinajstić information content (AvgIpc) is 2.65. The Morgan fingerprint density at radius 2 is 1.78 bits per heavy atom. The first-order valence-corrected chi connectivity index (χ1v) is 8.98. The maximum absolute atomic E-state index is 13.6. The maximum Gasteiger partial charge on any atom is 0.251 e. The molecule has 0 fully saturated rings. The lowest BCUT2D eigenvalue weighted by molar-refractivity contribution is -0.121. The van der Waals surface area contributed by atoms with Gasteiger partial charge in [-0.3, -0.25) is 9.59 Å². The van der Waals surface area contributed by atoms with Gasteiger partial charge in [0.05, 0.1) is 17.2 Å². The van der Waals surface area contributed by atoms with E-state index in [1.165, 1.54) is 25.3 Å². The van der Waals surface area contributed by atoms with Gasteiger partial charge in [-0.05, 0) is 42.3 Å². The minimum absolute atomic E-state index is 0.168. The molecule has 0 unspecified atom stereocenters. The molecule has 2 aromatic carbocycles. The van der Waals surface area contributed by atoms with Gasteiger partial charge in [-0.25, -0.2) is 4.39 Å². The summed E-state index contributed by atoms with van der Waals surface area (Å²) in [7, 11) is 1.39. The lowest BCUT2D eigenvalue weighted by atomic mass is 10.1. The number of benzene rings is 2. The van der Waals surface area contributed by atoms with Crippen LogP contribution < -0.4 is 15.4 Å². The standard InChI is InChI=1S/C19H19Cl2FN2O3/c1-27-17-6-2-12(10-16(17)22)3-7-18(25)23-8-9-24-19(26)13-4-5-14(20)15(21)11-13/h2,4-6,10-11H,3,7-9H2,1H3,(H,23,25)(H,24,26). The van der Waals surface area contributed by atoms with Crippen LogP contribution in [0.25, 0.3) is 0 Å². The number of methoxy groups -OCH3 is 1. The van der Waals surface area contributed by atoms with Crippen molar-refractivity contribution >= 4 is 35.0 Å². The summed E-state index contributed by atoms with van der Waals surface area (Å²) in [5, 5.41) is 6.05. The topological polar surface area (TPSA) is 67.4 Å². The Labute approximate surface area is 166 Å². The van der Waals surface area contributed by atoms with E-state index in [-0.39, 0.29) is 37.1 Å². The number of hydrogen-bond donors (Lipinski definition) is 2.